The second-order valence-corrected chi connectivity index (χ2v) is 10.6. The maximum atomic E-state index is 13.4. The number of hydrogen-bond acceptors (Lipinski definition) is 2. The molecule has 0 heterocycles. The van der Waals surface area contributed by atoms with E-state index in [4.69, 9.17) is 5.73 Å². The highest BCUT2D eigenvalue weighted by molar-refractivity contribution is 5.83. The van der Waals surface area contributed by atoms with Gasteiger partial charge in [0.1, 0.15) is 5.78 Å². The van der Waals surface area contributed by atoms with Gasteiger partial charge in [0.15, 0.2) is 0 Å². The Kier molecular flexibility index (Phi) is 6.59. The lowest BCUT2D eigenvalue weighted by molar-refractivity contribution is -0.152. The summed E-state index contributed by atoms with van der Waals surface area (Å²) in [7, 11) is 0. The van der Waals surface area contributed by atoms with Crippen LogP contribution in [-0.2, 0) is 4.79 Å². The van der Waals surface area contributed by atoms with Gasteiger partial charge in [-0.05, 0) is 93.4 Å². The standard InChI is InChI=1S/C26H43NO/c1-6-21-24-22(12-14-25(21,4)18(2)3)26(5)13-11-19(10-8-7-9-15-27)16-20(26)17-23(24)28/h10,20-22,24H,2,6-9,11-17,27H2,1,3-5H3/b19-10+/t20?,21?,22?,24?,25-,26+/m1/s1. The van der Waals surface area contributed by atoms with Gasteiger partial charge in [-0.1, -0.05) is 51.0 Å². The number of carbonyl (C=O) groups is 1. The first-order valence-corrected chi connectivity index (χ1v) is 11.8. The number of nitrogens with two attached hydrogens (primary N) is 1. The Morgan fingerprint density at radius 2 is 2.00 bits per heavy atom. The molecule has 0 aromatic carbocycles. The predicted octanol–water partition coefficient (Wildman–Crippen LogP) is 6.46. The van der Waals surface area contributed by atoms with E-state index in [1.54, 1.807) is 5.57 Å². The molecule has 3 fully saturated rings. The van der Waals surface area contributed by atoms with Gasteiger partial charge in [-0.2, -0.15) is 0 Å². The monoisotopic (exact) mass is 385 g/mol. The number of Topliss-reactive ketones (excluding diaryl/α,β-unsaturated/α-hetero) is 1. The lowest BCUT2D eigenvalue weighted by Crippen LogP contribution is -2.56. The molecule has 6 atom stereocenters. The topological polar surface area (TPSA) is 43.1 Å². The first-order chi connectivity index (χ1) is 13.3. The number of carbonyl (C=O) groups excluding carboxylic acids is 1. The van der Waals surface area contributed by atoms with Crippen molar-refractivity contribution < 1.29 is 4.79 Å². The quantitative estimate of drug-likeness (QED) is 0.421. The molecule has 0 radical (unpaired) electrons. The summed E-state index contributed by atoms with van der Waals surface area (Å²) < 4.78 is 0. The SMILES string of the molecule is C=C(C)[C@@]1(C)CCC2C(C(=O)CC3C/C(=C/CCCCN)CC[C@@]32C)C1CC. The second kappa shape index (κ2) is 8.46. The smallest absolute Gasteiger partial charge is 0.136 e. The van der Waals surface area contributed by atoms with E-state index in [-0.39, 0.29) is 11.3 Å². The Labute approximate surface area is 173 Å². The summed E-state index contributed by atoms with van der Waals surface area (Å²) in [6.07, 6.45) is 13.9. The van der Waals surface area contributed by atoms with Crippen LogP contribution in [0.1, 0.15) is 91.9 Å². The molecule has 2 nitrogen and oxygen atoms in total. The van der Waals surface area contributed by atoms with Gasteiger partial charge in [-0.15, -0.1) is 0 Å². The van der Waals surface area contributed by atoms with Crippen molar-refractivity contribution in [2.45, 2.75) is 91.9 Å². The highest BCUT2D eigenvalue weighted by atomic mass is 16.1. The molecule has 3 rings (SSSR count). The molecule has 4 unspecified atom stereocenters. The van der Waals surface area contributed by atoms with Crippen molar-refractivity contribution in [3.05, 3.63) is 23.8 Å². The van der Waals surface area contributed by atoms with Gasteiger partial charge in [0.25, 0.3) is 0 Å². The molecule has 0 bridgehead atoms. The fourth-order valence-electron chi connectivity index (χ4n) is 7.16. The second-order valence-electron chi connectivity index (χ2n) is 10.6. The summed E-state index contributed by atoms with van der Waals surface area (Å²) in [5.74, 6) is 2.44. The van der Waals surface area contributed by atoms with Crippen LogP contribution < -0.4 is 5.73 Å². The van der Waals surface area contributed by atoms with Gasteiger partial charge in [-0.3, -0.25) is 4.79 Å². The fourth-order valence-corrected chi connectivity index (χ4v) is 7.16. The van der Waals surface area contributed by atoms with Gasteiger partial charge >= 0.3 is 0 Å². The molecule has 0 spiro atoms. The van der Waals surface area contributed by atoms with Gasteiger partial charge in [0.05, 0.1) is 0 Å². The molecule has 158 valence electrons. The average Bonchev–Trinajstić information content (AvgIpc) is 2.66. The third-order valence-corrected chi connectivity index (χ3v) is 9.26. The highest BCUT2D eigenvalue weighted by Crippen LogP contribution is 2.64. The molecule has 0 saturated heterocycles. The van der Waals surface area contributed by atoms with E-state index in [2.05, 4.69) is 40.3 Å². The fraction of sp³-hybridized carbons (Fsp3) is 0.808. The molecule has 2 heteroatoms. The summed E-state index contributed by atoms with van der Waals surface area (Å²) in [6, 6.07) is 0. The van der Waals surface area contributed by atoms with E-state index in [0.717, 1.165) is 38.6 Å². The maximum Gasteiger partial charge on any atom is 0.136 e. The van der Waals surface area contributed by atoms with E-state index in [9.17, 15) is 4.79 Å². The zero-order valence-electron chi connectivity index (χ0n) is 18.9. The Balaban J connectivity index is 1.80. The third-order valence-electron chi connectivity index (χ3n) is 9.26. The molecule has 3 aliphatic carbocycles. The van der Waals surface area contributed by atoms with Crippen LogP contribution in [-0.4, -0.2) is 12.3 Å². The number of rotatable bonds is 6. The molecule has 2 N–H and O–H groups in total. The zero-order chi connectivity index (χ0) is 20.5. The number of unbranched alkanes of at least 4 members (excludes halogenated alkanes) is 2. The third kappa shape index (κ3) is 3.66. The van der Waals surface area contributed by atoms with Crippen LogP contribution in [0.3, 0.4) is 0 Å². The molecule has 3 saturated carbocycles. The van der Waals surface area contributed by atoms with Crippen LogP contribution in [0.25, 0.3) is 0 Å². The Morgan fingerprint density at radius 3 is 2.64 bits per heavy atom. The van der Waals surface area contributed by atoms with Crippen molar-refractivity contribution in [3.8, 4) is 0 Å². The van der Waals surface area contributed by atoms with Crippen LogP contribution in [0, 0.1) is 34.5 Å². The summed E-state index contributed by atoms with van der Waals surface area (Å²) in [6.45, 7) is 14.5. The lowest BCUT2D eigenvalue weighted by atomic mass is 9.43. The van der Waals surface area contributed by atoms with E-state index in [1.165, 1.54) is 37.7 Å². The Bertz CT molecular complexity index is 634. The summed E-state index contributed by atoms with van der Waals surface area (Å²) in [5.41, 5.74) is 9.00. The van der Waals surface area contributed by atoms with Crippen molar-refractivity contribution >= 4 is 5.78 Å². The molecule has 3 aliphatic rings. The Hall–Kier alpha value is -0.890. The zero-order valence-corrected chi connectivity index (χ0v) is 18.9. The lowest BCUT2D eigenvalue weighted by Gasteiger charge is -2.60. The van der Waals surface area contributed by atoms with Crippen LogP contribution >= 0.6 is 0 Å². The molecular formula is C26H43NO. The van der Waals surface area contributed by atoms with E-state index < -0.39 is 0 Å². The normalized spacial score (nSPS) is 42.2. The van der Waals surface area contributed by atoms with Crippen LogP contribution in [0.2, 0.25) is 0 Å². The van der Waals surface area contributed by atoms with Gasteiger partial charge in [-0.25, -0.2) is 0 Å². The summed E-state index contributed by atoms with van der Waals surface area (Å²) >= 11 is 0. The molecule has 0 aromatic rings. The first-order valence-electron chi connectivity index (χ1n) is 11.8. The number of fused-ring (bicyclic) bond motifs is 3. The molecular weight excluding hydrogens is 342 g/mol. The van der Waals surface area contributed by atoms with Gasteiger partial charge < -0.3 is 5.73 Å². The minimum absolute atomic E-state index is 0.136. The minimum Gasteiger partial charge on any atom is -0.330 e. The Morgan fingerprint density at radius 1 is 1.25 bits per heavy atom. The molecule has 0 amide bonds. The van der Waals surface area contributed by atoms with Gasteiger partial charge in [0, 0.05) is 12.3 Å². The molecule has 0 aromatic heterocycles. The number of allylic oxidation sites excluding steroid dienone is 3. The summed E-state index contributed by atoms with van der Waals surface area (Å²) in [5, 5.41) is 0. The van der Waals surface area contributed by atoms with Crippen molar-refractivity contribution in [1.82, 2.24) is 0 Å². The van der Waals surface area contributed by atoms with Crippen LogP contribution in [0.5, 0.6) is 0 Å². The maximum absolute atomic E-state index is 13.4. The molecule has 0 aliphatic heterocycles. The van der Waals surface area contributed by atoms with Crippen LogP contribution in [0.15, 0.2) is 23.8 Å². The summed E-state index contributed by atoms with van der Waals surface area (Å²) in [4.78, 5) is 13.4. The first kappa shape index (κ1) is 21.8. The highest BCUT2D eigenvalue weighted by Gasteiger charge is 2.59. The number of ketones is 1. The van der Waals surface area contributed by atoms with Crippen LogP contribution in [0.4, 0.5) is 0 Å². The van der Waals surface area contributed by atoms with Gasteiger partial charge in [0.2, 0.25) is 0 Å². The average molecular weight is 386 g/mol. The van der Waals surface area contributed by atoms with Crippen molar-refractivity contribution in [3.63, 3.8) is 0 Å². The van der Waals surface area contributed by atoms with Crippen molar-refractivity contribution in [2.24, 2.45) is 40.2 Å². The largest absolute Gasteiger partial charge is 0.330 e. The predicted molar refractivity (Wildman–Crippen MR) is 119 cm³/mol. The van der Waals surface area contributed by atoms with E-state index in [1.807, 2.05) is 0 Å². The van der Waals surface area contributed by atoms with E-state index in [0.29, 0.717) is 29.0 Å². The van der Waals surface area contributed by atoms with Crippen molar-refractivity contribution in [1.29, 1.82) is 0 Å². The number of hydrogen-bond donors (Lipinski definition) is 1. The van der Waals surface area contributed by atoms with E-state index >= 15 is 0 Å². The minimum atomic E-state index is 0.136. The van der Waals surface area contributed by atoms with Crippen molar-refractivity contribution in [2.75, 3.05) is 6.54 Å². The molecule has 28 heavy (non-hydrogen) atoms.